The zero-order valence-electron chi connectivity index (χ0n) is 16.3. The van der Waals surface area contributed by atoms with Crippen LogP contribution in [-0.2, 0) is 12.8 Å². The van der Waals surface area contributed by atoms with Crippen LogP contribution < -0.4 is 15.2 Å². The Labute approximate surface area is 170 Å². The molecule has 0 unspecified atom stereocenters. The van der Waals surface area contributed by atoms with Crippen molar-refractivity contribution in [3.05, 3.63) is 111 Å². The summed E-state index contributed by atoms with van der Waals surface area (Å²) in [6.45, 7) is 0. The standard InChI is InChI=1S/C18H16.C9H7NO/c1-3-7-15-13(5-1)9-11-18-16-8-4-2-6-14(16)10-12-17(15)18;1-2-4-9-8(3-1)7-10-5-6-11-9/h1,3,5-7,9-10,12H,2,4,8,11H2;1-7H. The van der Waals surface area contributed by atoms with Gasteiger partial charge in [0.25, 0.3) is 0 Å². The van der Waals surface area contributed by atoms with E-state index in [0.717, 1.165) is 17.7 Å². The minimum Gasteiger partial charge on any atom is -0.463 e. The Bertz CT molecular complexity index is 1330. The summed E-state index contributed by atoms with van der Waals surface area (Å²) in [5, 5.41) is 5.74. The molecule has 0 fully saturated rings. The lowest BCUT2D eigenvalue weighted by molar-refractivity contribution is 0.481. The lowest BCUT2D eigenvalue weighted by Gasteiger charge is -2.16. The van der Waals surface area contributed by atoms with Gasteiger partial charge in [-0.15, -0.1) is 0 Å². The van der Waals surface area contributed by atoms with Gasteiger partial charge in [0.2, 0.25) is 0 Å². The second-order valence-electron chi connectivity index (χ2n) is 7.47. The van der Waals surface area contributed by atoms with Gasteiger partial charge in [-0.2, -0.15) is 0 Å². The van der Waals surface area contributed by atoms with Gasteiger partial charge in [0.1, 0.15) is 12.0 Å². The number of nitrogens with zero attached hydrogens (tertiary/aromatic N) is 1. The molecular weight excluding hydrogens is 354 g/mol. The van der Waals surface area contributed by atoms with Crippen molar-refractivity contribution < 1.29 is 4.74 Å². The van der Waals surface area contributed by atoms with Gasteiger partial charge in [-0.1, -0.05) is 60.7 Å². The summed E-state index contributed by atoms with van der Waals surface area (Å²) >= 11 is 0. The van der Waals surface area contributed by atoms with E-state index in [1.807, 2.05) is 24.3 Å². The maximum absolute atomic E-state index is 5.24. The van der Waals surface area contributed by atoms with Crippen LogP contribution in [0.4, 0.5) is 0 Å². The lowest BCUT2D eigenvalue weighted by Crippen LogP contribution is -2.19. The molecule has 0 N–H and O–H groups in total. The molecule has 0 aromatic heterocycles. The molecule has 3 aromatic rings. The third-order valence-electron chi connectivity index (χ3n) is 5.71. The molecule has 142 valence electrons. The Balaban J connectivity index is 0.000000142. The number of aliphatic imine (C=N–C) groups is 1. The van der Waals surface area contributed by atoms with Crippen LogP contribution in [-0.4, -0.2) is 6.21 Å². The molecule has 0 saturated carbocycles. The summed E-state index contributed by atoms with van der Waals surface area (Å²) in [4.78, 5) is 3.98. The molecule has 1 aliphatic heterocycles. The first-order valence-electron chi connectivity index (χ1n) is 10.2. The maximum Gasteiger partial charge on any atom is 0.135 e. The molecule has 0 bridgehead atoms. The smallest absolute Gasteiger partial charge is 0.135 e. The molecular formula is C27H23NO. The van der Waals surface area contributed by atoms with E-state index in [9.17, 15) is 0 Å². The lowest BCUT2D eigenvalue weighted by atomic mass is 9.89. The average Bonchev–Trinajstić information content (AvgIpc) is 3.05. The monoisotopic (exact) mass is 377 g/mol. The van der Waals surface area contributed by atoms with Gasteiger partial charge < -0.3 is 4.74 Å². The second kappa shape index (κ2) is 7.92. The third-order valence-corrected chi connectivity index (χ3v) is 5.71. The Hall–Kier alpha value is -3.39. The number of ether oxygens (including phenoxy) is 1. The first-order valence-corrected chi connectivity index (χ1v) is 10.2. The maximum atomic E-state index is 5.24. The molecule has 2 nitrogen and oxygen atoms in total. The van der Waals surface area contributed by atoms with Crippen molar-refractivity contribution in [2.45, 2.75) is 25.7 Å². The largest absolute Gasteiger partial charge is 0.463 e. The zero-order chi connectivity index (χ0) is 19.5. The first kappa shape index (κ1) is 17.7. The average molecular weight is 377 g/mol. The van der Waals surface area contributed by atoms with Gasteiger partial charge in [0.05, 0.1) is 6.20 Å². The number of hydrogen-bond acceptors (Lipinski definition) is 2. The van der Waals surface area contributed by atoms with Gasteiger partial charge in [0, 0.05) is 11.8 Å². The molecule has 3 aliphatic rings. The van der Waals surface area contributed by atoms with E-state index in [4.69, 9.17) is 4.74 Å². The van der Waals surface area contributed by atoms with Crippen molar-refractivity contribution in [2.75, 3.05) is 0 Å². The van der Waals surface area contributed by atoms with Crippen molar-refractivity contribution in [1.29, 1.82) is 0 Å². The summed E-state index contributed by atoms with van der Waals surface area (Å²) in [7, 11) is 0. The van der Waals surface area contributed by atoms with Gasteiger partial charge >= 0.3 is 0 Å². The van der Waals surface area contributed by atoms with Crippen LogP contribution >= 0.6 is 0 Å². The van der Waals surface area contributed by atoms with Crippen LogP contribution in [0, 0.1) is 10.4 Å². The first-order chi connectivity index (χ1) is 14.4. The van der Waals surface area contributed by atoms with Crippen LogP contribution in [0.1, 0.15) is 29.5 Å². The highest BCUT2D eigenvalue weighted by atomic mass is 16.5. The van der Waals surface area contributed by atoms with Crippen molar-refractivity contribution in [3.8, 4) is 5.75 Å². The van der Waals surface area contributed by atoms with Crippen LogP contribution in [0.15, 0.2) is 78.1 Å². The second-order valence-corrected chi connectivity index (χ2v) is 7.47. The van der Waals surface area contributed by atoms with Gasteiger partial charge in [0.15, 0.2) is 0 Å². The van der Waals surface area contributed by atoms with Crippen molar-refractivity contribution in [1.82, 2.24) is 0 Å². The number of rotatable bonds is 0. The Kier molecular flexibility index (Phi) is 4.83. The quantitative estimate of drug-likeness (QED) is 0.569. The van der Waals surface area contributed by atoms with Crippen LogP contribution in [0.5, 0.6) is 5.75 Å². The third kappa shape index (κ3) is 3.54. The molecule has 3 aromatic carbocycles. The summed E-state index contributed by atoms with van der Waals surface area (Å²) < 4.78 is 5.24. The van der Waals surface area contributed by atoms with E-state index in [0.29, 0.717) is 0 Å². The van der Waals surface area contributed by atoms with Crippen LogP contribution in [0.25, 0.3) is 12.2 Å². The van der Waals surface area contributed by atoms with Gasteiger partial charge in [-0.25, -0.2) is 0 Å². The summed E-state index contributed by atoms with van der Waals surface area (Å²) in [6.07, 6.45) is 14.7. The zero-order valence-corrected chi connectivity index (χ0v) is 16.3. The normalized spacial score (nSPS) is 14.9. The van der Waals surface area contributed by atoms with Gasteiger partial charge in [-0.05, 0) is 69.8 Å². The van der Waals surface area contributed by atoms with E-state index in [2.05, 4.69) is 53.5 Å². The number of fused-ring (bicyclic) bond motifs is 5. The fourth-order valence-electron chi connectivity index (χ4n) is 4.31. The Morgan fingerprint density at radius 2 is 1.66 bits per heavy atom. The molecule has 6 rings (SSSR count). The van der Waals surface area contributed by atoms with Crippen LogP contribution in [0.3, 0.4) is 0 Å². The molecule has 0 saturated heterocycles. The molecule has 0 amide bonds. The van der Waals surface area contributed by atoms with E-state index in [-0.39, 0.29) is 0 Å². The molecule has 29 heavy (non-hydrogen) atoms. The predicted molar refractivity (Wildman–Crippen MR) is 119 cm³/mol. The van der Waals surface area contributed by atoms with Gasteiger partial charge in [-0.3, -0.25) is 4.99 Å². The van der Waals surface area contributed by atoms with Crippen LogP contribution in [0.2, 0.25) is 0 Å². The van der Waals surface area contributed by atoms with E-state index >= 15 is 0 Å². The number of para-hydroxylation sites is 1. The van der Waals surface area contributed by atoms with E-state index in [1.165, 1.54) is 40.1 Å². The fraction of sp³-hybridized carbons (Fsp3) is 0.148. The highest BCUT2D eigenvalue weighted by Gasteiger charge is 2.10. The molecule has 2 heteroatoms. The van der Waals surface area contributed by atoms with Crippen molar-refractivity contribution >= 4 is 18.4 Å². The highest BCUT2D eigenvalue weighted by molar-refractivity contribution is 5.84. The summed E-state index contributed by atoms with van der Waals surface area (Å²) in [5.74, 6) is 0.852. The summed E-state index contributed by atoms with van der Waals surface area (Å²) in [5.41, 5.74) is 4.18. The Morgan fingerprint density at radius 1 is 0.759 bits per heavy atom. The van der Waals surface area contributed by atoms with E-state index in [1.54, 1.807) is 29.8 Å². The summed E-state index contributed by atoms with van der Waals surface area (Å²) in [6, 6.07) is 21.2. The van der Waals surface area contributed by atoms with E-state index < -0.39 is 0 Å². The topological polar surface area (TPSA) is 21.6 Å². The van der Waals surface area contributed by atoms with Crippen molar-refractivity contribution in [2.24, 2.45) is 4.99 Å². The fourth-order valence-corrected chi connectivity index (χ4v) is 4.31. The molecule has 0 atom stereocenters. The molecule has 1 heterocycles. The predicted octanol–water partition coefficient (Wildman–Crippen LogP) is 4.40. The molecule has 0 radical (unpaired) electrons. The minimum atomic E-state index is 0.852. The van der Waals surface area contributed by atoms with Crippen molar-refractivity contribution in [3.63, 3.8) is 0 Å². The number of hydrogen-bond donors (Lipinski definition) is 0. The molecule has 2 aliphatic carbocycles. The minimum absolute atomic E-state index is 0.852. The Morgan fingerprint density at radius 3 is 2.66 bits per heavy atom. The highest BCUT2D eigenvalue weighted by Crippen LogP contribution is 2.18. The SMILES string of the molecule is C1=COc2ccccc2C=N1.C1=c2ccc3c(c2CCC1)CC=c1ccccc1=3. The molecule has 0 spiro atoms. The number of benzene rings is 3.